The van der Waals surface area contributed by atoms with Crippen LogP contribution >= 0.6 is 11.3 Å². The van der Waals surface area contributed by atoms with Crippen LogP contribution in [-0.2, 0) is 22.4 Å². The molecule has 10 heteroatoms. The lowest BCUT2D eigenvalue weighted by Crippen LogP contribution is -2.15. The number of nitrogens with zero attached hydrogens (tertiary/aromatic N) is 1. The molecule has 1 aromatic heterocycles. The first-order valence-corrected chi connectivity index (χ1v) is 9.46. The van der Waals surface area contributed by atoms with Crippen molar-refractivity contribution in [2.24, 2.45) is 0 Å². The molecule has 1 amide bonds. The number of para-hydroxylation sites is 1. The summed E-state index contributed by atoms with van der Waals surface area (Å²) in [5.41, 5.74) is 0.560. The molecule has 3 rings (SSSR count). The number of carboxylic acid groups (broad SMARTS) is 1. The lowest BCUT2D eigenvalue weighted by Gasteiger charge is -2.11. The number of hydrogen-bond acceptors (Lipinski definition) is 7. The maximum absolute atomic E-state index is 12.5. The van der Waals surface area contributed by atoms with E-state index in [0.29, 0.717) is 16.1 Å². The fraction of sp³-hybridized carbons (Fsp3) is 0.100. The van der Waals surface area contributed by atoms with Crippen LogP contribution in [0.4, 0.5) is 11.4 Å². The summed E-state index contributed by atoms with van der Waals surface area (Å²) in [4.78, 5) is 34.8. The highest BCUT2D eigenvalue weighted by Crippen LogP contribution is 2.38. The number of phenols is 2. The number of carboxylic acids is 1. The first-order valence-electron chi connectivity index (χ1n) is 8.64. The van der Waals surface area contributed by atoms with Gasteiger partial charge in [-0.05, 0) is 24.3 Å². The van der Waals surface area contributed by atoms with Crippen LogP contribution in [0, 0.1) is 10.1 Å². The molecular formula is C20H16N2O7S. The summed E-state index contributed by atoms with van der Waals surface area (Å²) in [6.45, 7) is 0. The van der Waals surface area contributed by atoms with E-state index in [1.54, 1.807) is 36.4 Å². The number of nitrogens with one attached hydrogen (secondary N) is 1. The summed E-state index contributed by atoms with van der Waals surface area (Å²) in [6.07, 6.45) is -0.414. The van der Waals surface area contributed by atoms with Crippen molar-refractivity contribution in [1.82, 2.24) is 0 Å². The predicted octanol–water partition coefficient (Wildman–Crippen LogP) is 3.54. The third kappa shape index (κ3) is 4.55. The number of nitro groups is 1. The number of rotatable bonds is 7. The lowest BCUT2D eigenvalue weighted by molar-refractivity contribution is -0.386. The van der Waals surface area contributed by atoms with E-state index >= 15 is 0 Å². The van der Waals surface area contributed by atoms with Gasteiger partial charge in [0.15, 0.2) is 5.75 Å². The highest BCUT2D eigenvalue weighted by Gasteiger charge is 2.21. The van der Waals surface area contributed by atoms with E-state index in [1.807, 2.05) is 0 Å². The van der Waals surface area contributed by atoms with E-state index in [-0.39, 0.29) is 18.4 Å². The van der Waals surface area contributed by atoms with Gasteiger partial charge in [-0.25, -0.2) is 0 Å². The zero-order chi connectivity index (χ0) is 21.8. The monoisotopic (exact) mass is 428 g/mol. The molecule has 0 unspecified atom stereocenters. The van der Waals surface area contributed by atoms with Crippen molar-refractivity contribution < 1.29 is 29.8 Å². The van der Waals surface area contributed by atoms with Gasteiger partial charge >= 0.3 is 11.7 Å². The van der Waals surface area contributed by atoms with Crippen LogP contribution in [0.15, 0.2) is 48.5 Å². The average Bonchev–Trinajstić information content (AvgIpc) is 3.13. The smallest absolute Gasteiger partial charge is 0.314 e. The van der Waals surface area contributed by atoms with Gasteiger partial charge in [0.1, 0.15) is 0 Å². The zero-order valence-electron chi connectivity index (χ0n) is 15.4. The van der Waals surface area contributed by atoms with Crippen molar-refractivity contribution in [3.8, 4) is 21.9 Å². The molecule has 0 aliphatic heterocycles. The molecule has 1 heterocycles. The first-order chi connectivity index (χ1) is 14.3. The van der Waals surface area contributed by atoms with Crippen LogP contribution in [-0.4, -0.2) is 32.1 Å². The summed E-state index contributed by atoms with van der Waals surface area (Å²) in [5, 5.41) is 42.2. The molecule has 0 spiro atoms. The SMILES string of the molecule is O=C(O)Cc1ccc(-c2ccccc2NC(=O)Cc2ccc([N+](=O)[O-])c(O)c2O)s1. The number of amides is 1. The zero-order valence-corrected chi connectivity index (χ0v) is 16.2. The molecule has 154 valence electrons. The number of aliphatic carboxylic acids is 1. The number of hydrogen-bond donors (Lipinski definition) is 4. The summed E-state index contributed by atoms with van der Waals surface area (Å²) in [5.74, 6) is -3.05. The van der Waals surface area contributed by atoms with Crippen molar-refractivity contribution in [3.05, 3.63) is 69.1 Å². The van der Waals surface area contributed by atoms with Gasteiger partial charge in [0.05, 0.1) is 17.8 Å². The Hall–Kier alpha value is -3.92. The van der Waals surface area contributed by atoms with Crippen molar-refractivity contribution in [1.29, 1.82) is 0 Å². The molecule has 0 fully saturated rings. The molecule has 0 bridgehead atoms. The molecule has 0 aliphatic carbocycles. The topological polar surface area (TPSA) is 150 Å². The molecule has 9 nitrogen and oxygen atoms in total. The summed E-state index contributed by atoms with van der Waals surface area (Å²) in [7, 11) is 0. The first kappa shape index (κ1) is 20.8. The van der Waals surface area contributed by atoms with E-state index in [4.69, 9.17) is 5.11 Å². The summed E-state index contributed by atoms with van der Waals surface area (Å²) in [6, 6.07) is 12.7. The van der Waals surface area contributed by atoms with Crippen molar-refractivity contribution >= 4 is 34.6 Å². The van der Waals surface area contributed by atoms with Crippen LogP contribution < -0.4 is 5.32 Å². The quantitative estimate of drug-likeness (QED) is 0.255. The van der Waals surface area contributed by atoms with E-state index in [1.165, 1.54) is 17.4 Å². The third-order valence-electron chi connectivity index (χ3n) is 4.21. The summed E-state index contributed by atoms with van der Waals surface area (Å²) < 4.78 is 0. The predicted molar refractivity (Wildman–Crippen MR) is 110 cm³/mol. The minimum absolute atomic E-state index is 0.0351. The molecule has 4 N–H and O–H groups in total. The number of carbonyl (C=O) groups is 2. The number of aromatic hydroxyl groups is 2. The van der Waals surface area contributed by atoms with Gasteiger partial charge in [0.25, 0.3) is 0 Å². The average molecular weight is 428 g/mol. The van der Waals surface area contributed by atoms with Gasteiger partial charge in [-0.2, -0.15) is 0 Å². The highest BCUT2D eigenvalue weighted by molar-refractivity contribution is 7.15. The molecular weight excluding hydrogens is 412 g/mol. The van der Waals surface area contributed by atoms with Gasteiger partial charge in [0.2, 0.25) is 11.7 Å². The van der Waals surface area contributed by atoms with Crippen molar-refractivity contribution in [3.63, 3.8) is 0 Å². The minimum atomic E-state index is -0.934. The molecule has 30 heavy (non-hydrogen) atoms. The molecule has 3 aromatic rings. The van der Waals surface area contributed by atoms with Gasteiger partial charge in [-0.3, -0.25) is 19.7 Å². The van der Waals surface area contributed by atoms with Crippen LogP contribution in [0.2, 0.25) is 0 Å². The number of thiophene rings is 1. The Morgan fingerprint density at radius 3 is 2.43 bits per heavy atom. The van der Waals surface area contributed by atoms with E-state index in [9.17, 15) is 29.9 Å². The maximum atomic E-state index is 12.5. The van der Waals surface area contributed by atoms with Crippen LogP contribution in [0.25, 0.3) is 10.4 Å². The van der Waals surface area contributed by atoms with Gasteiger partial charge in [0, 0.05) is 32.6 Å². The number of carbonyl (C=O) groups excluding carboxylic acids is 1. The fourth-order valence-electron chi connectivity index (χ4n) is 2.84. The Bertz CT molecular complexity index is 1140. The summed E-state index contributed by atoms with van der Waals surface area (Å²) >= 11 is 1.30. The number of phenolic OH excluding ortho intramolecular Hbond substituents is 2. The van der Waals surface area contributed by atoms with Crippen LogP contribution in [0.1, 0.15) is 10.4 Å². The Morgan fingerprint density at radius 1 is 1.00 bits per heavy atom. The fourth-order valence-corrected chi connectivity index (χ4v) is 3.88. The molecule has 0 saturated heterocycles. The third-order valence-corrected chi connectivity index (χ3v) is 5.33. The van der Waals surface area contributed by atoms with E-state index < -0.39 is 34.0 Å². The molecule has 0 radical (unpaired) electrons. The second kappa shape index (κ2) is 8.62. The molecule has 2 aromatic carbocycles. The van der Waals surface area contributed by atoms with Crippen LogP contribution in [0.5, 0.6) is 11.5 Å². The van der Waals surface area contributed by atoms with Gasteiger partial charge < -0.3 is 20.6 Å². The standard InChI is InChI=1S/C20H16N2O7S/c23-17(9-11-5-7-15(22(28)29)20(27)19(11)26)21-14-4-2-1-3-13(14)16-8-6-12(30-16)10-18(24)25/h1-8,26-27H,9-10H2,(H,21,23)(H,24,25). The largest absolute Gasteiger partial charge is 0.504 e. The molecule has 0 saturated carbocycles. The van der Waals surface area contributed by atoms with E-state index in [2.05, 4.69) is 5.32 Å². The Labute approximate surface area is 174 Å². The normalized spacial score (nSPS) is 10.5. The van der Waals surface area contributed by atoms with E-state index in [0.717, 1.165) is 10.9 Å². The van der Waals surface area contributed by atoms with Gasteiger partial charge in [-0.1, -0.05) is 18.2 Å². The van der Waals surface area contributed by atoms with Crippen molar-refractivity contribution in [2.75, 3.05) is 5.32 Å². The van der Waals surface area contributed by atoms with Crippen molar-refractivity contribution in [2.45, 2.75) is 12.8 Å². The second-order valence-electron chi connectivity index (χ2n) is 6.31. The molecule has 0 atom stereocenters. The highest BCUT2D eigenvalue weighted by atomic mass is 32.1. The Morgan fingerprint density at radius 2 is 1.73 bits per heavy atom. The minimum Gasteiger partial charge on any atom is -0.504 e. The maximum Gasteiger partial charge on any atom is 0.314 e. The number of anilines is 1. The second-order valence-corrected chi connectivity index (χ2v) is 7.47. The Kier molecular flexibility index (Phi) is 5.98. The number of nitro benzene ring substituents is 1. The number of benzene rings is 2. The van der Waals surface area contributed by atoms with Gasteiger partial charge in [-0.15, -0.1) is 11.3 Å². The molecule has 0 aliphatic rings. The Balaban J connectivity index is 1.80. The lowest BCUT2D eigenvalue weighted by atomic mass is 10.1. The van der Waals surface area contributed by atoms with Crippen LogP contribution in [0.3, 0.4) is 0 Å².